The standard InChI is InChI=1S/C25H28N2O6S/c1-31-23-13-8-19(16-24(23)32-2)14-15-27-34(29,30)22-11-9-21(10-12-22)33-18-25(28)26-17-20-6-4-3-5-7-20/h3-13,16,27H,14-15,17-18H2,1-2H3,(H,26,28). The average Bonchev–Trinajstić information content (AvgIpc) is 2.87. The van der Waals surface area contributed by atoms with Crippen molar-refractivity contribution < 1.29 is 27.4 Å². The monoisotopic (exact) mass is 484 g/mol. The SMILES string of the molecule is COc1ccc(CCNS(=O)(=O)c2ccc(OCC(=O)NCc3ccccc3)cc2)cc1OC. The minimum atomic E-state index is -3.69. The normalized spacial score (nSPS) is 11.0. The van der Waals surface area contributed by atoms with Crippen LogP contribution in [-0.2, 0) is 27.8 Å². The van der Waals surface area contributed by atoms with Gasteiger partial charge in [-0.05, 0) is 53.9 Å². The second-order valence-electron chi connectivity index (χ2n) is 7.36. The molecule has 9 heteroatoms. The van der Waals surface area contributed by atoms with Gasteiger partial charge in [0.2, 0.25) is 10.0 Å². The minimum Gasteiger partial charge on any atom is -0.493 e. The third-order valence-corrected chi connectivity index (χ3v) is 6.47. The number of benzene rings is 3. The summed E-state index contributed by atoms with van der Waals surface area (Å²) in [5.74, 6) is 1.34. The molecule has 0 unspecified atom stereocenters. The van der Waals surface area contributed by atoms with Crippen molar-refractivity contribution in [3.8, 4) is 17.2 Å². The van der Waals surface area contributed by atoms with Gasteiger partial charge in [-0.2, -0.15) is 0 Å². The van der Waals surface area contributed by atoms with E-state index in [0.717, 1.165) is 11.1 Å². The van der Waals surface area contributed by atoms with Gasteiger partial charge < -0.3 is 19.5 Å². The predicted molar refractivity (Wildman–Crippen MR) is 129 cm³/mol. The summed E-state index contributed by atoms with van der Waals surface area (Å²) in [5.41, 5.74) is 1.90. The Balaban J connectivity index is 1.46. The van der Waals surface area contributed by atoms with Gasteiger partial charge in [0.05, 0.1) is 19.1 Å². The number of sulfonamides is 1. The van der Waals surface area contributed by atoms with Gasteiger partial charge in [0.1, 0.15) is 5.75 Å². The molecule has 3 aromatic carbocycles. The first-order valence-electron chi connectivity index (χ1n) is 10.7. The second kappa shape index (κ2) is 12.1. The van der Waals surface area contributed by atoms with Crippen LogP contribution in [0.15, 0.2) is 77.7 Å². The van der Waals surface area contributed by atoms with Crippen molar-refractivity contribution in [1.29, 1.82) is 0 Å². The van der Waals surface area contributed by atoms with E-state index < -0.39 is 10.0 Å². The molecule has 2 N–H and O–H groups in total. The van der Waals surface area contributed by atoms with Crippen LogP contribution in [0.5, 0.6) is 17.2 Å². The van der Waals surface area contributed by atoms with Gasteiger partial charge in [-0.25, -0.2) is 13.1 Å². The molecule has 3 aromatic rings. The molecule has 34 heavy (non-hydrogen) atoms. The van der Waals surface area contributed by atoms with Crippen LogP contribution >= 0.6 is 0 Å². The first-order valence-corrected chi connectivity index (χ1v) is 12.1. The number of nitrogens with one attached hydrogen (secondary N) is 2. The molecule has 8 nitrogen and oxygen atoms in total. The Labute approximate surface area is 199 Å². The predicted octanol–water partition coefficient (Wildman–Crippen LogP) is 2.92. The molecule has 3 rings (SSSR count). The van der Waals surface area contributed by atoms with Crippen LogP contribution in [0.25, 0.3) is 0 Å². The van der Waals surface area contributed by atoms with Crippen molar-refractivity contribution >= 4 is 15.9 Å². The summed E-state index contributed by atoms with van der Waals surface area (Å²) in [6.45, 7) is 0.468. The largest absolute Gasteiger partial charge is 0.493 e. The van der Waals surface area contributed by atoms with Crippen molar-refractivity contribution in [3.05, 3.63) is 83.9 Å². The Kier molecular flexibility index (Phi) is 8.89. The van der Waals surface area contributed by atoms with Gasteiger partial charge in [0.25, 0.3) is 5.91 Å². The summed E-state index contributed by atoms with van der Waals surface area (Å²) in [6, 6.07) is 20.9. The van der Waals surface area contributed by atoms with Gasteiger partial charge in [0, 0.05) is 13.1 Å². The number of carbonyl (C=O) groups excluding carboxylic acids is 1. The van der Waals surface area contributed by atoms with E-state index in [1.165, 1.54) is 24.3 Å². The van der Waals surface area contributed by atoms with E-state index in [1.54, 1.807) is 20.3 Å². The fourth-order valence-corrected chi connectivity index (χ4v) is 4.19. The van der Waals surface area contributed by atoms with Crippen LogP contribution in [0.2, 0.25) is 0 Å². The zero-order chi connectivity index (χ0) is 24.4. The third-order valence-electron chi connectivity index (χ3n) is 4.99. The van der Waals surface area contributed by atoms with Crippen LogP contribution in [0.4, 0.5) is 0 Å². The summed E-state index contributed by atoms with van der Waals surface area (Å²) < 4.78 is 43.7. The maximum Gasteiger partial charge on any atom is 0.258 e. The number of rotatable bonds is 12. The van der Waals surface area contributed by atoms with Crippen LogP contribution in [0.3, 0.4) is 0 Å². The molecule has 0 aliphatic heterocycles. The summed E-state index contributed by atoms with van der Waals surface area (Å²) in [6.07, 6.45) is 0.485. The molecule has 0 aromatic heterocycles. The first kappa shape index (κ1) is 25.1. The molecule has 0 spiro atoms. The number of hydrogen-bond donors (Lipinski definition) is 2. The van der Waals surface area contributed by atoms with Crippen LogP contribution < -0.4 is 24.2 Å². The van der Waals surface area contributed by atoms with E-state index in [0.29, 0.717) is 30.2 Å². The Hall–Kier alpha value is -3.56. The highest BCUT2D eigenvalue weighted by molar-refractivity contribution is 7.89. The maximum absolute atomic E-state index is 12.6. The van der Waals surface area contributed by atoms with Crippen molar-refractivity contribution in [1.82, 2.24) is 10.0 Å². The van der Waals surface area contributed by atoms with Crippen LogP contribution in [-0.4, -0.2) is 41.7 Å². The maximum atomic E-state index is 12.6. The minimum absolute atomic E-state index is 0.112. The molecule has 0 saturated heterocycles. The molecule has 0 atom stereocenters. The Morgan fingerprint density at radius 1 is 0.853 bits per heavy atom. The van der Waals surface area contributed by atoms with Gasteiger partial charge in [-0.15, -0.1) is 0 Å². The van der Waals surface area contributed by atoms with Crippen LogP contribution in [0.1, 0.15) is 11.1 Å². The number of ether oxygens (including phenoxy) is 3. The molecule has 0 fully saturated rings. The van der Waals surface area contributed by atoms with Gasteiger partial charge in [0.15, 0.2) is 18.1 Å². The number of carbonyl (C=O) groups is 1. The zero-order valence-electron chi connectivity index (χ0n) is 19.1. The van der Waals surface area contributed by atoms with Gasteiger partial charge in [-0.1, -0.05) is 36.4 Å². The summed E-state index contributed by atoms with van der Waals surface area (Å²) in [5, 5.41) is 2.77. The van der Waals surface area contributed by atoms with Crippen molar-refractivity contribution in [2.45, 2.75) is 17.9 Å². The summed E-state index contributed by atoms with van der Waals surface area (Å²) in [4.78, 5) is 12.1. The molecule has 0 radical (unpaired) electrons. The number of methoxy groups -OCH3 is 2. The van der Waals surface area contributed by atoms with E-state index in [9.17, 15) is 13.2 Å². The highest BCUT2D eigenvalue weighted by Crippen LogP contribution is 2.27. The zero-order valence-corrected chi connectivity index (χ0v) is 19.9. The quantitative estimate of drug-likeness (QED) is 0.410. The lowest BCUT2D eigenvalue weighted by Gasteiger charge is -2.11. The van der Waals surface area contributed by atoms with Gasteiger partial charge in [-0.3, -0.25) is 4.79 Å². The average molecular weight is 485 g/mol. The van der Waals surface area contributed by atoms with Crippen molar-refractivity contribution in [3.63, 3.8) is 0 Å². The van der Waals surface area contributed by atoms with E-state index in [4.69, 9.17) is 14.2 Å². The Bertz CT molecular complexity index is 1180. The number of amides is 1. The molecule has 0 aliphatic rings. The molecular weight excluding hydrogens is 456 g/mol. The molecule has 0 heterocycles. The molecule has 0 aliphatic carbocycles. The fourth-order valence-electron chi connectivity index (χ4n) is 3.16. The number of hydrogen-bond acceptors (Lipinski definition) is 6. The summed E-state index contributed by atoms with van der Waals surface area (Å²) in [7, 11) is -0.578. The van der Waals surface area contributed by atoms with Crippen molar-refractivity contribution in [2.75, 3.05) is 27.4 Å². The van der Waals surface area contributed by atoms with E-state index in [2.05, 4.69) is 10.0 Å². The molecule has 180 valence electrons. The lowest BCUT2D eigenvalue weighted by Crippen LogP contribution is -2.28. The highest BCUT2D eigenvalue weighted by atomic mass is 32.2. The lowest BCUT2D eigenvalue weighted by molar-refractivity contribution is -0.123. The molecule has 1 amide bonds. The molecular formula is C25H28N2O6S. The fraction of sp³-hybridized carbons (Fsp3) is 0.240. The van der Waals surface area contributed by atoms with E-state index in [-0.39, 0.29) is 24.0 Å². The highest BCUT2D eigenvalue weighted by Gasteiger charge is 2.14. The molecule has 0 bridgehead atoms. The third kappa shape index (κ3) is 7.23. The Morgan fingerprint density at radius 2 is 1.56 bits per heavy atom. The summed E-state index contributed by atoms with van der Waals surface area (Å²) >= 11 is 0. The second-order valence-corrected chi connectivity index (χ2v) is 9.13. The smallest absolute Gasteiger partial charge is 0.258 e. The molecule has 0 saturated carbocycles. The van der Waals surface area contributed by atoms with Gasteiger partial charge >= 0.3 is 0 Å². The topological polar surface area (TPSA) is 103 Å². The lowest BCUT2D eigenvalue weighted by atomic mass is 10.1. The van der Waals surface area contributed by atoms with Crippen molar-refractivity contribution in [2.24, 2.45) is 0 Å². The van der Waals surface area contributed by atoms with Crippen LogP contribution in [0, 0.1) is 0 Å². The van der Waals surface area contributed by atoms with E-state index >= 15 is 0 Å². The first-order chi connectivity index (χ1) is 16.4. The Morgan fingerprint density at radius 3 is 2.24 bits per heavy atom. The van der Waals surface area contributed by atoms with E-state index in [1.807, 2.05) is 42.5 Å².